The number of carboxylic acids is 1. The molecule has 0 bridgehead atoms. The maximum Gasteiger partial charge on any atom is 0.346 e. The van der Waals surface area contributed by atoms with Crippen LogP contribution >= 0.6 is 11.3 Å². The Bertz CT molecular complexity index is 689. The quantitative estimate of drug-likeness (QED) is 0.937. The third kappa shape index (κ3) is 2.25. The number of thiophene rings is 1. The third-order valence-corrected chi connectivity index (χ3v) is 3.89. The molecule has 0 spiro atoms. The molecule has 0 fully saturated rings. The summed E-state index contributed by atoms with van der Waals surface area (Å²) in [5, 5.41) is 10.7. The Hall–Kier alpha value is -2.34. The van der Waals surface area contributed by atoms with Crippen molar-refractivity contribution in [1.29, 1.82) is 0 Å². The molecule has 0 saturated heterocycles. The molecule has 1 aromatic heterocycles. The van der Waals surface area contributed by atoms with Gasteiger partial charge >= 0.3 is 5.97 Å². The van der Waals surface area contributed by atoms with E-state index in [0.717, 1.165) is 11.3 Å². The monoisotopic (exact) mass is 290 g/mol. The highest BCUT2D eigenvalue weighted by atomic mass is 32.1. The van der Waals surface area contributed by atoms with Gasteiger partial charge in [-0.25, -0.2) is 4.79 Å². The van der Waals surface area contributed by atoms with Gasteiger partial charge in [-0.2, -0.15) is 0 Å². The van der Waals surface area contributed by atoms with Crippen LogP contribution in [0.4, 0.5) is 0 Å². The Balaban J connectivity index is 1.74. The molecule has 1 aliphatic heterocycles. The highest BCUT2D eigenvalue weighted by Crippen LogP contribution is 2.30. The summed E-state index contributed by atoms with van der Waals surface area (Å²) < 4.78 is 10.8. The van der Waals surface area contributed by atoms with E-state index in [9.17, 15) is 9.59 Å². The van der Waals surface area contributed by atoms with Crippen molar-refractivity contribution in [2.45, 2.75) is 6.61 Å². The van der Waals surface area contributed by atoms with Crippen LogP contribution in [0, 0.1) is 0 Å². The molecule has 1 aliphatic rings. The van der Waals surface area contributed by atoms with Crippen LogP contribution in [0.1, 0.15) is 25.6 Å². The second-order valence-corrected chi connectivity index (χ2v) is 5.15. The number of carboxylic acid groups (broad SMARTS) is 1. The lowest BCUT2D eigenvalue weighted by atomic mass is 10.1. The van der Waals surface area contributed by atoms with E-state index in [4.69, 9.17) is 14.6 Å². The zero-order valence-corrected chi connectivity index (χ0v) is 11.1. The third-order valence-electron chi connectivity index (χ3n) is 2.95. The van der Waals surface area contributed by atoms with Gasteiger partial charge in [0.1, 0.15) is 23.0 Å². The Kier molecular flexibility index (Phi) is 3.15. The van der Waals surface area contributed by atoms with Crippen molar-refractivity contribution >= 4 is 23.1 Å². The average Bonchev–Trinajstić information content (AvgIpc) is 3.03. The number of rotatable bonds is 4. The molecule has 2 aromatic rings. The van der Waals surface area contributed by atoms with E-state index in [2.05, 4.69) is 0 Å². The maximum absolute atomic E-state index is 11.4. The summed E-state index contributed by atoms with van der Waals surface area (Å²) in [6.45, 7) is 0.227. The number of hydrogen-bond donors (Lipinski definition) is 1. The van der Waals surface area contributed by atoms with Crippen molar-refractivity contribution in [1.82, 2.24) is 0 Å². The molecule has 3 rings (SSSR count). The molecule has 0 amide bonds. The maximum atomic E-state index is 11.4. The van der Waals surface area contributed by atoms with Gasteiger partial charge in [0.25, 0.3) is 0 Å². The minimum Gasteiger partial charge on any atom is -0.489 e. The molecule has 5 nitrogen and oxygen atoms in total. The van der Waals surface area contributed by atoms with Crippen LogP contribution < -0.4 is 9.47 Å². The van der Waals surface area contributed by atoms with Gasteiger partial charge in [-0.15, -0.1) is 11.3 Å². The zero-order chi connectivity index (χ0) is 14.1. The van der Waals surface area contributed by atoms with Crippen LogP contribution in [-0.2, 0) is 6.61 Å². The first-order chi connectivity index (χ1) is 9.65. The van der Waals surface area contributed by atoms with E-state index >= 15 is 0 Å². The fourth-order valence-corrected chi connectivity index (χ4v) is 2.71. The lowest BCUT2D eigenvalue weighted by Gasteiger charge is -2.07. The van der Waals surface area contributed by atoms with Gasteiger partial charge in [-0.05, 0) is 23.6 Å². The lowest BCUT2D eigenvalue weighted by molar-refractivity contribution is 0.0699. The summed E-state index contributed by atoms with van der Waals surface area (Å²) in [5.41, 5.74) is 1.18. The number of benzene rings is 1. The molecule has 20 heavy (non-hydrogen) atoms. The minimum atomic E-state index is -0.957. The van der Waals surface area contributed by atoms with Crippen LogP contribution in [0.25, 0.3) is 0 Å². The summed E-state index contributed by atoms with van der Waals surface area (Å²) in [6, 6.07) is 6.71. The Morgan fingerprint density at radius 3 is 3.05 bits per heavy atom. The van der Waals surface area contributed by atoms with Crippen LogP contribution in [0.15, 0.2) is 29.6 Å². The number of Topliss-reactive ketones (excluding diaryl/α,β-unsaturated/α-hetero) is 1. The van der Waals surface area contributed by atoms with Gasteiger partial charge in [0.15, 0.2) is 6.61 Å². The molecule has 1 aromatic carbocycles. The normalized spacial score (nSPS) is 12.9. The lowest BCUT2D eigenvalue weighted by Crippen LogP contribution is -2.01. The molecule has 0 unspecified atom stereocenters. The largest absolute Gasteiger partial charge is 0.489 e. The summed E-state index contributed by atoms with van der Waals surface area (Å²) in [7, 11) is 0. The van der Waals surface area contributed by atoms with E-state index in [-0.39, 0.29) is 23.9 Å². The number of carbonyl (C=O) groups excluding carboxylic acids is 1. The van der Waals surface area contributed by atoms with Crippen LogP contribution in [0.3, 0.4) is 0 Å². The summed E-state index contributed by atoms with van der Waals surface area (Å²) >= 11 is 1.16. The van der Waals surface area contributed by atoms with E-state index in [1.165, 1.54) is 0 Å². The van der Waals surface area contributed by atoms with Crippen molar-refractivity contribution in [3.8, 4) is 11.5 Å². The molecule has 0 saturated carbocycles. The van der Waals surface area contributed by atoms with Crippen molar-refractivity contribution in [3.63, 3.8) is 0 Å². The first-order valence-corrected chi connectivity index (χ1v) is 6.75. The summed E-state index contributed by atoms with van der Waals surface area (Å²) in [4.78, 5) is 22.7. The number of hydrogen-bond acceptors (Lipinski definition) is 5. The molecule has 2 heterocycles. The smallest absolute Gasteiger partial charge is 0.346 e. The topological polar surface area (TPSA) is 72.8 Å². The molecular weight excluding hydrogens is 280 g/mol. The fraction of sp³-hybridized carbons (Fsp3) is 0.143. The summed E-state index contributed by atoms with van der Waals surface area (Å²) in [6.07, 6.45) is 0. The van der Waals surface area contributed by atoms with Gasteiger partial charge in [0, 0.05) is 11.6 Å². The van der Waals surface area contributed by atoms with Gasteiger partial charge in [-0.3, -0.25) is 4.79 Å². The minimum absolute atomic E-state index is 0.0439. The van der Waals surface area contributed by atoms with Crippen molar-refractivity contribution in [2.24, 2.45) is 0 Å². The van der Waals surface area contributed by atoms with E-state index in [1.54, 1.807) is 29.6 Å². The van der Waals surface area contributed by atoms with Crippen molar-refractivity contribution in [3.05, 3.63) is 45.6 Å². The van der Waals surface area contributed by atoms with E-state index in [1.807, 2.05) is 0 Å². The molecular formula is C14H10O5S. The first-order valence-electron chi connectivity index (χ1n) is 5.87. The molecule has 6 heteroatoms. The predicted molar refractivity (Wildman–Crippen MR) is 71.9 cm³/mol. The highest BCUT2D eigenvalue weighted by molar-refractivity contribution is 7.12. The van der Waals surface area contributed by atoms with Crippen LogP contribution in [0.2, 0.25) is 0 Å². The molecule has 102 valence electrons. The molecule has 1 N–H and O–H groups in total. The van der Waals surface area contributed by atoms with Crippen LogP contribution in [-0.4, -0.2) is 23.5 Å². The summed E-state index contributed by atoms with van der Waals surface area (Å²) in [5.74, 6) is 0.0521. The second kappa shape index (κ2) is 4.97. The van der Waals surface area contributed by atoms with Crippen molar-refractivity contribution < 1.29 is 24.2 Å². The Labute approximate surface area is 118 Å². The average molecular weight is 290 g/mol. The molecule has 0 atom stereocenters. The van der Waals surface area contributed by atoms with Gasteiger partial charge in [0.05, 0.1) is 5.56 Å². The zero-order valence-electron chi connectivity index (χ0n) is 10.3. The Morgan fingerprint density at radius 2 is 2.25 bits per heavy atom. The first kappa shape index (κ1) is 12.7. The number of carbonyl (C=O) groups is 2. The molecule has 0 aliphatic carbocycles. The van der Waals surface area contributed by atoms with Gasteiger partial charge in [0.2, 0.25) is 5.78 Å². The van der Waals surface area contributed by atoms with Gasteiger partial charge < -0.3 is 14.6 Å². The SMILES string of the molecule is O=C1COc2cc(OCc3ccsc3C(=O)O)ccc21. The highest BCUT2D eigenvalue weighted by Gasteiger charge is 2.21. The second-order valence-electron chi connectivity index (χ2n) is 4.24. The standard InChI is InChI=1S/C14H10O5S/c15-11-7-19-12-5-9(1-2-10(11)12)18-6-8-3-4-20-13(8)14(16)17/h1-5H,6-7H2,(H,16,17). The predicted octanol–water partition coefficient (Wildman–Crippen LogP) is 2.60. The van der Waals surface area contributed by atoms with Gasteiger partial charge in [-0.1, -0.05) is 0 Å². The number of fused-ring (bicyclic) bond motifs is 1. The fourth-order valence-electron chi connectivity index (χ4n) is 1.96. The molecule has 0 radical (unpaired) electrons. The number of ether oxygens (including phenoxy) is 2. The van der Waals surface area contributed by atoms with E-state index < -0.39 is 5.97 Å². The van der Waals surface area contributed by atoms with Crippen molar-refractivity contribution in [2.75, 3.05) is 6.61 Å². The van der Waals surface area contributed by atoms with Crippen LogP contribution in [0.5, 0.6) is 11.5 Å². The van der Waals surface area contributed by atoms with E-state index in [0.29, 0.717) is 22.6 Å². The Morgan fingerprint density at radius 1 is 1.40 bits per heavy atom. The number of aromatic carboxylic acids is 1. The number of ketones is 1.